The van der Waals surface area contributed by atoms with Gasteiger partial charge in [-0.15, -0.1) is 0 Å². The molecule has 1 aromatic carbocycles. The molecule has 0 atom stereocenters. The summed E-state index contributed by atoms with van der Waals surface area (Å²) in [5, 5.41) is 12.3. The van der Waals surface area contributed by atoms with Gasteiger partial charge in [0.15, 0.2) is 5.78 Å². The summed E-state index contributed by atoms with van der Waals surface area (Å²) < 4.78 is 0. The summed E-state index contributed by atoms with van der Waals surface area (Å²) in [6, 6.07) is 4.71. The molecule has 0 saturated heterocycles. The number of carbonyl (C=O) groups excluding carboxylic acids is 1. The Morgan fingerprint density at radius 3 is 2.92 bits per heavy atom. The van der Waals surface area contributed by atoms with Gasteiger partial charge in [-0.3, -0.25) is 4.79 Å². The van der Waals surface area contributed by atoms with Crippen LogP contribution in [0.1, 0.15) is 10.4 Å². The largest absolute Gasteiger partial charge is 0.506 e. The number of carbonyl (C=O) groups is 1. The number of benzene rings is 1. The van der Waals surface area contributed by atoms with Gasteiger partial charge in [-0.1, -0.05) is 17.7 Å². The number of phenolic OH excluding ortho intramolecular Hbond substituents is 1. The van der Waals surface area contributed by atoms with E-state index in [0.717, 1.165) is 0 Å². The molecule has 0 aliphatic carbocycles. The van der Waals surface area contributed by atoms with Crippen molar-refractivity contribution in [3.05, 3.63) is 28.8 Å². The normalized spacial score (nSPS) is 10.0. The van der Waals surface area contributed by atoms with Crippen molar-refractivity contribution < 1.29 is 9.90 Å². The van der Waals surface area contributed by atoms with E-state index in [-0.39, 0.29) is 28.7 Å². The first-order valence-corrected chi connectivity index (χ1v) is 4.20. The maximum absolute atomic E-state index is 11.3. The highest BCUT2D eigenvalue weighted by atomic mass is 35.5. The lowest BCUT2D eigenvalue weighted by atomic mass is 10.1. The Hall–Kier alpha value is -1.06. The summed E-state index contributed by atoms with van der Waals surface area (Å²) >= 11 is 5.64. The van der Waals surface area contributed by atoms with Crippen LogP contribution in [0.15, 0.2) is 18.2 Å². The summed E-state index contributed by atoms with van der Waals surface area (Å²) in [7, 11) is 1.67. The van der Waals surface area contributed by atoms with Crippen molar-refractivity contribution >= 4 is 17.4 Å². The molecule has 0 radical (unpaired) electrons. The lowest BCUT2D eigenvalue weighted by molar-refractivity contribution is 0.0991. The second kappa shape index (κ2) is 4.25. The molecule has 4 heteroatoms. The van der Waals surface area contributed by atoms with Crippen molar-refractivity contribution in [2.75, 3.05) is 13.6 Å². The molecule has 3 nitrogen and oxygen atoms in total. The number of phenols is 1. The van der Waals surface area contributed by atoms with E-state index in [4.69, 9.17) is 11.6 Å². The predicted octanol–water partition coefficient (Wildman–Crippen LogP) is 1.45. The van der Waals surface area contributed by atoms with E-state index in [9.17, 15) is 9.90 Å². The third-order valence-electron chi connectivity index (χ3n) is 1.62. The molecule has 0 unspecified atom stereocenters. The van der Waals surface area contributed by atoms with Gasteiger partial charge >= 0.3 is 0 Å². The minimum absolute atomic E-state index is 0.149. The average Bonchev–Trinajstić information content (AvgIpc) is 2.10. The second-order valence-corrected chi connectivity index (χ2v) is 3.00. The van der Waals surface area contributed by atoms with Crippen molar-refractivity contribution in [2.45, 2.75) is 0 Å². The highest BCUT2D eigenvalue weighted by Crippen LogP contribution is 2.26. The number of nitrogens with one attached hydrogen (secondary N) is 1. The van der Waals surface area contributed by atoms with Gasteiger partial charge in [-0.05, 0) is 19.2 Å². The molecule has 0 aliphatic rings. The molecular formula is C9H10ClNO2. The molecular weight excluding hydrogens is 190 g/mol. The Labute approximate surface area is 81.3 Å². The topological polar surface area (TPSA) is 49.3 Å². The number of Topliss-reactive ketones (excluding diaryl/α,β-unsaturated/α-hetero) is 1. The number of rotatable bonds is 3. The minimum Gasteiger partial charge on any atom is -0.506 e. The van der Waals surface area contributed by atoms with Crippen molar-refractivity contribution in [2.24, 2.45) is 0 Å². The van der Waals surface area contributed by atoms with Crippen LogP contribution in [-0.4, -0.2) is 24.5 Å². The molecule has 0 heterocycles. The maximum Gasteiger partial charge on any atom is 0.180 e. The van der Waals surface area contributed by atoms with Gasteiger partial charge in [0.05, 0.1) is 17.1 Å². The summed E-state index contributed by atoms with van der Waals surface area (Å²) in [5.41, 5.74) is 0.252. The van der Waals surface area contributed by atoms with Gasteiger partial charge in [0.2, 0.25) is 0 Å². The molecule has 0 saturated carbocycles. The van der Waals surface area contributed by atoms with Crippen LogP contribution in [0.4, 0.5) is 0 Å². The third kappa shape index (κ3) is 2.20. The molecule has 0 bridgehead atoms. The molecule has 1 rings (SSSR count). The zero-order chi connectivity index (χ0) is 9.84. The first-order chi connectivity index (χ1) is 6.16. The summed E-state index contributed by atoms with van der Waals surface area (Å²) in [5.74, 6) is -0.327. The Kier molecular flexibility index (Phi) is 3.28. The number of likely N-dealkylation sites (N-methyl/N-ethyl adjacent to an activating group) is 1. The van der Waals surface area contributed by atoms with E-state index in [0.29, 0.717) is 0 Å². The Balaban J connectivity index is 3.01. The Bertz CT molecular complexity index is 325. The monoisotopic (exact) mass is 199 g/mol. The quantitative estimate of drug-likeness (QED) is 0.725. The number of para-hydroxylation sites is 1. The zero-order valence-corrected chi connectivity index (χ0v) is 7.93. The average molecular weight is 200 g/mol. The Morgan fingerprint density at radius 2 is 2.31 bits per heavy atom. The van der Waals surface area contributed by atoms with Crippen LogP contribution in [0.3, 0.4) is 0 Å². The van der Waals surface area contributed by atoms with E-state index >= 15 is 0 Å². The van der Waals surface area contributed by atoms with Gasteiger partial charge in [-0.25, -0.2) is 0 Å². The van der Waals surface area contributed by atoms with Crippen LogP contribution < -0.4 is 5.32 Å². The SMILES string of the molecule is CNCC(=O)c1cccc(Cl)c1O. The van der Waals surface area contributed by atoms with Crippen LogP contribution in [0.2, 0.25) is 5.02 Å². The van der Waals surface area contributed by atoms with Crippen LogP contribution >= 0.6 is 11.6 Å². The standard InChI is InChI=1S/C9H10ClNO2/c1-11-5-8(12)6-3-2-4-7(10)9(6)13/h2-4,11,13H,5H2,1H3. The van der Waals surface area contributed by atoms with Crippen LogP contribution in [0.25, 0.3) is 0 Å². The fourth-order valence-corrected chi connectivity index (χ4v) is 1.17. The van der Waals surface area contributed by atoms with Gasteiger partial charge in [0.25, 0.3) is 0 Å². The molecule has 1 aromatic rings. The van der Waals surface area contributed by atoms with E-state index in [2.05, 4.69) is 5.32 Å². The lowest BCUT2D eigenvalue weighted by Gasteiger charge is -2.03. The van der Waals surface area contributed by atoms with E-state index < -0.39 is 0 Å². The first-order valence-electron chi connectivity index (χ1n) is 3.82. The molecule has 0 aliphatic heterocycles. The summed E-state index contributed by atoms with van der Waals surface area (Å²) in [4.78, 5) is 11.3. The smallest absolute Gasteiger partial charge is 0.180 e. The van der Waals surface area contributed by atoms with Crippen LogP contribution in [0.5, 0.6) is 5.75 Å². The van der Waals surface area contributed by atoms with Crippen molar-refractivity contribution in [3.63, 3.8) is 0 Å². The van der Waals surface area contributed by atoms with Gasteiger partial charge in [-0.2, -0.15) is 0 Å². The van der Waals surface area contributed by atoms with Gasteiger partial charge < -0.3 is 10.4 Å². The molecule has 13 heavy (non-hydrogen) atoms. The molecule has 0 aromatic heterocycles. The molecule has 0 fully saturated rings. The number of hydrogen-bond donors (Lipinski definition) is 2. The van der Waals surface area contributed by atoms with Gasteiger partial charge in [0.1, 0.15) is 5.75 Å². The number of hydrogen-bond acceptors (Lipinski definition) is 3. The first kappa shape index (κ1) is 10.0. The van der Waals surface area contributed by atoms with Crippen molar-refractivity contribution in [1.29, 1.82) is 0 Å². The van der Waals surface area contributed by atoms with E-state index in [1.54, 1.807) is 19.2 Å². The summed E-state index contributed by atoms with van der Waals surface area (Å²) in [6.45, 7) is 0.188. The second-order valence-electron chi connectivity index (χ2n) is 2.59. The van der Waals surface area contributed by atoms with E-state index in [1.807, 2.05) is 0 Å². The molecule has 0 amide bonds. The molecule has 2 N–H and O–H groups in total. The number of ketones is 1. The predicted molar refractivity (Wildman–Crippen MR) is 51.4 cm³/mol. The fourth-order valence-electron chi connectivity index (χ4n) is 0.996. The summed E-state index contributed by atoms with van der Waals surface area (Å²) in [6.07, 6.45) is 0. The van der Waals surface area contributed by atoms with Gasteiger partial charge in [0, 0.05) is 0 Å². The lowest BCUT2D eigenvalue weighted by Crippen LogP contribution is -2.18. The Morgan fingerprint density at radius 1 is 1.62 bits per heavy atom. The minimum atomic E-state index is -0.178. The third-order valence-corrected chi connectivity index (χ3v) is 1.93. The molecule has 0 spiro atoms. The van der Waals surface area contributed by atoms with Crippen LogP contribution in [-0.2, 0) is 0 Å². The zero-order valence-electron chi connectivity index (χ0n) is 7.17. The number of aromatic hydroxyl groups is 1. The van der Waals surface area contributed by atoms with Crippen molar-refractivity contribution in [3.8, 4) is 5.75 Å². The molecule has 70 valence electrons. The maximum atomic E-state index is 11.3. The fraction of sp³-hybridized carbons (Fsp3) is 0.222. The van der Waals surface area contributed by atoms with Crippen LogP contribution in [0, 0.1) is 0 Å². The van der Waals surface area contributed by atoms with Crippen molar-refractivity contribution in [1.82, 2.24) is 5.32 Å². The highest BCUT2D eigenvalue weighted by Gasteiger charge is 2.11. The van der Waals surface area contributed by atoms with E-state index in [1.165, 1.54) is 6.07 Å². The highest BCUT2D eigenvalue weighted by molar-refractivity contribution is 6.32. The number of halogens is 1.